The Kier molecular flexibility index (Phi) is 3.51. The molecule has 0 atom stereocenters. The van der Waals surface area contributed by atoms with Crippen LogP contribution in [0.15, 0.2) is 40.2 Å². The van der Waals surface area contributed by atoms with E-state index in [0.29, 0.717) is 11.3 Å². The molecule has 0 saturated heterocycles. The van der Waals surface area contributed by atoms with Gasteiger partial charge >= 0.3 is 0 Å². The van der Waals surface area contributed by atoms with Crippen LogP contribution in [-0.4, -0.2) is 5.78 Å². The van der Waals surface area contributed by atoms with Gasteiger partial charge in [-0.2, -0.15) is 0 Å². The highest BCUT2D eigenvalue weighted by molar-refractivity contribution is 9.10. The second kappa shape index (κ2) is 4.89. The second-order valence-electron chi connectivity index (χ2n) is 3.32. The molecule has 0 bridgehead atoms. The Morgan fingerprint density at radius 1 is 1.25 bits per heavy atom. The number of Topliss-reactive ketones (excluding diaryl/α,β-unsaturated/α-hetero) is 1. The number of halogens is 2. The van der Waals surface area contributed by atoms with E-state index in [0.717, 1.165) is 10.0 Å². The van der Waals surface area contributed by atoms with E-state index in [4.69, 9.17) is 0 Å². The predicted molar refractivity (Wildman–Crippen MR) is 66.5 cm³/mol. The van der Waals surface area contributed by atoms with Crippen LogP contribution in [0.4, 0.5) is 4.39 Å². The minimum Gasteiger partial charge on any atom is -0.293 e. The fraction of sp³-hybridized carbons (Fsp3) is 0.0833. The van der Waals surface area contributed by atoms with Gasteiger partial charge in [0.1, 0.15) is 5.82 Å². The highest BCUT2D eigenvalue weighted by Gasteiger charge is 2.11. The van der Waals surface area contributed by atoms with Gasteiger partial charge in [0.2, 0.25) is 0 Å². The Morgan fingerprint density at radius 3 is 2.50 bits per heavy atom. The quantitative estimate of drug-likeness (QED) is 0.781. The summed E-state index contributed by atoms with van der Waals surface area (Å²) in [5, 5.41) is 1.86. The molecular formula is C12H8BrFOS. The van der Waals surface area contributed by atoms with Crippen LogP contribution in [0.2, 0.25) is 0 Å². The molecule has 1 nitrogen and oxygen atoms in total. The van der Waals surface area contributed by atoms with Crippen LogP contribution in [0.25, 0.3) is 0 Å². The number of hydrogen-bond acceptors (Lipinski definition) is 2. The van der Waals surface area contributed by atoms with Crippen LogP contribution in [0.1, 0.15) is 15.2 Å². The number of ketones is 1. The second-order valence-corrected chi connectivity index (χ2v) is 5.09. The molecule has 82 valence electrons. The van der Waals surface area contributed by atoms with Crippen LogP contribution < -0.4 is 0 Å². The van der Waals surface area contributed by atoms with Gasteiger partial charge in [-0.3, -0.25) is 4.79 Å². The van der Waals surface area contributed by atoms with Gasteiger partial charge in [-0.05, 0) is 45.1 Å². The van der Waals surface area contributed by atoms with Crippen molar-refractivity contribution in [2.45, 2.75) is 6.42 Å². The zero-order valence-electron chi connectivity index (χ0n) is 8.24. The van der Waals surface area contributed by atoms with Gasteiger partial charge in [-0.25, -0.2) is 4.39 Å². The number of rotatable bonds is 3. The maximum absolute atomic E-state index is 12.7. The normalized spacial score (nSPS) is 10.4. The van der Waals surface area contributed by atoms with Crippen molar-refractivity contribution in [3.05, 3.63) is 56.4 Å². The van der Waals surface area contributed by atoms with Crippen molar-refractivity contribution in [3.63, 3.8) is 0 Å². The molecule has 0 fully saturated rings. The summed E-state index contributed by atoms with van der Waals surface area (Å²) in [5.74, 6) is -0.234. The molecule has 0 radical (unpaired) electrons. The zero-order chi connectivity index (χ0) is 11.5. The molecule has 2 rings (SSSR count). The maximum Gasteiger partial charge on any atom is 0.178 e. The first kappa shape index (κ1) is 11.5. The van der Waals surface area contributed by atoms with Gasteiger partial charge in [0.15, 0.2) is 5.78 Å². The lowest BCUT2D eigenvalue weighted by molar-refractivity contribution is 0.0996. The van der Waals surface area contributed by atoms with Gasteiger partial charge in [0, 0.05) is 10.9 Å². The summed E-state index contributed by atoms with van der Waals surface area (Å²) in [6, 6.07) is 7.85. The molecule has 0 saturated carbocycles. The van der Waals surface area contributed by atoms with E-state index in [1.54, 1.807) is 12.1 Å². The Bertz CT molecular complexity index is 504. The van der Waals surface area contributed by atoms with Crippen molar-refractivity contribution in [1.82, 2.24) is 0 Å². The highest BCUT2D eigenvalue weighted by atomic mass is 79.9. The lowest BCUT2D eigenvalue weighted by Crippen LogP contribution is -2.01. The van der Waals surface area contributed by atoms with Crippen LogP contribution in [0, 0.1) is 5.82 Å². The van der Waals surface area contributed by atoms with Crippen LogP contribution >= 0.6 is 27.3 Å². The third-order valence-corrected chi connectivity index (χ3v) is 4.03. The van der Waals surface area contributed by atoms with Gasteiger partial charge in [0.05, 0.1) is 4.88 Å². The molecule has 16 heavy (non-hydrogen) atoms. The van der Waals surface area contributed by atoms with Gasteiger partial charge in [-0.15, -0.1) is 11.3 Å². The van der Waals surface area contributed by atoms with Crippen LogP contribution in [0.5, 0.6) is 0 Å². The number of thiophene rings is 1. The minimum absolute atomic E-state index is 0.0495. The summed E-state index contributed by atoms with van der Waals surface area (Å²) in [6.07, 6.45) is 0.305. The molecule has 0 N–H and O–H groups in total. The van der Waals surface area contributed by atoms with Gasteiger partial charge in [-0.1, -0.05) is 12.1 Å². The molecule has 4 heteroatoms. The third-order valence-electron chi connectivity index (χ3n) is 2.15. The largest absolute Gasteiger partial charge is 0.293 e. The topological polar surface area (TPSA) is 17.1 Å². The Labute approximate surface area is 105 Å². The first-order valence-corrected chi connectivity index (χ1v) is 6.35. The highest BCUT2D eigenvalue weighted by Crippen LogP contribution is 2.24. The van der Waals surface area contributed by atoms with Gasteiger partial charge in [0.25, 0.3) is 0 Å². The Hall–Kier alpha value is -1.00. The lowest BCUT2D eigenvalue weighted by atomic mass is 10.1. The Balaban J connectivity index is 2.14. The smallest absolute Gasteiger partial charge is 0.178 e. The fourth-order valence-corrected chi connectivity index (χ4v) is 2.89. The Morgan fingerprint density at radius 2 is 1.94 bits per heavy atom. The minimum atomic E-state index is -0.284. The van der Waals surface area contributed by atoms with Crippen molar-refractivity contribution < 1.29 is 9.18 Å². The molecule has 0 spiro atoms. The number of carbonyl (C=O) groups excluding carboxylic acids is 1. The number of carbonyl (C=O) groups is 1. The summed E-state index contributed by atoms with van der Waals surface area (Å²) < 4.78 is 13.5. The standard InChI is InChI=1S/C12H8BrFOS/c13-10-5-6-16-12(10)11(15)7-8-1-3-9(14)4-2-8/h1-6H,7H2. The molecular weight excluding hydrogens is 291 g/mol. The monoisotopic (exact) mass is 298 g/mol. The number of hydrogen-bond donors (Lipinski definition) is 0. The van der Waals surface area contributed by atoms with Crippen molar-refractivity contribution in [2.24, 2.45) is 0 Å². The average molecular weight is 299 g/mol. The molecule has 1 heterocycles. The molecule has 0 aliphatic heterocycles. The van der Waals surface area contributed by atoms with Crippen molar-refractivity contribution in [3.8, 4) is 0 Å². The molecule has 0 aliphatic carbocycles. The van der Waals surface area contributed by atoms with E-state index >= 15 is 0 Å². The summed E-state index contributed by atoms with van der Waals surface area (Å²) in [4.78, 5) is 12.6. The van der Waals surface area contributed by atoms with E-state index in [1.165, 1.54) is 23.5 Å². The summed E-state index contributed by atoms with van der Waals surface area (Å²) in [6.45, 7) is 0. The van der Waals surface area contributed by atoms with E-state index < -0.39 is 0 Å². The first-order chi connectivity index (χ1) is 7.66. The number of benzene rings is 1. The summed E-state index contributed by atoms with van der Waals surface area (Å²) in [5.41, 5.74) is 0.826. The fourth-order valence-electron chi connectivity index (χ4n) is 1.36. The van der Waals surface area contributed by atoms with Crippen LogP contribution in [0.3, 0.4) is 0 Å². The predicted octanol–water partition coefficient (Wildman–Crippen LogP) is 4.08. The molecule has 0 amide bonds. The maximum atomic E-state index is 12.7. The molecule has 1 aromatic heterocycles. The van der Waals surface area contributed by atoms with Crippen molar-refractivity contribution in [1.29, 1.82) is 0 Å². The molecule has 2 aromatic rings. The summed E-state index contributed by atoms with van der Waals surface area (Å²) in [7, 11) is 0. The van der Waals surface area contributed by atoms with Crippen LogP contribution in [-0.2, 0) is 6.42 Å². The molecule has 0 aliphatic rings. The van der Waals surface area contributed by atoms with Gasteiger partial charge < -0.3 is 0 Å². The van der Waals surface area contributed by atoms with Crippen molar-refractivity contribution in [2.75, 3.05) is 0 Å². The molecule has 0 unspecified atom stereocenters. The van der Waals surface area contributed by atoms with E-state index in [9.17, 15) is 9.18 Å². The summed E-state index contributed by atoms with van der Waals surface area (Å²) >= 11 is 4.73. The van der Waals surface area contributed by atoms with E-state index in [1.807, 2.05) is 11.4 Å². The molecule has 1 aromatic carbocycles. The lowest BCUT2D eigenvalue weighted by Gasteiger charge is -1.99. The average Bonchev–Trinajstić information content (AvgIpc) is 2.68. The first-order valence-electron chi connectivity index (χ1n) is 4.67. The van der Waals surface area contributed by atoms with Crippen molar-refractivity contribution >= 4 is 33.0 Å². The van der Waals surface area contributed by atoms with E-state index in [-0.39, 0.29) is 11.6 Å². The third kappa shape index (κ3) is 2.57. The van der Waals surface area contributed by atoms with E-state index in [2.05, 4.69) is 15.9 Å². The zero-order valence-corrected chi connectivity index (χ0v) is 10.6. The SMILES string of the molecule is O=C(Cc1ccc(F)cc1)c1sccc1Br.